The summed E-state index contributed by atoms with van der Waals surface area (Å²) in [7, 11) is 0. The Morgan fingerprint density at radius 1 is 1.47 bits per heavy atom. The van der Waals surface area contributed by atoms with Crippen molar-refractivity contribution in [2.24, 2.45) is 5.73 Å². The molecule has 1 rings (SSSR count). The minimum atomic E-state index is 0.0747. The Balaban J connectivity index is 2.30. The van der Waals surface area contributed by atoms with Gasteiger partial charge in [0.15, 0.2) is 0 Å². The van der Waals surface area contributed by atoms with Gasteiger partial charge in [0.05, 0.1) is 0 Å². The van der Waals surface area contributed by atoms with E-state index >= 15 is 0 Å². The highest BCUT2D eigenvalue weighted by atomic mass is 16.1. The van der Waals surface area contributed by atoms with Crippen LogP contribution in [0.3, 0.4) is 0 Å². The zero-order valence-electron chi connectivity index (χ0n) is 10.4. The molecule has 4 heteroatoms. The molecule has 0 saturated carbocycles. The zero-order valence-corrected chi connectivity index (χ0v) is 10.4. The number of carbonyl (C=O) groups excluding carboxylic acids is 1. The topological polar surface area (TPSA) is 68.0 Å². The molecular formula is C13H21N3O. The van der Waals surface area contributed by atoms with Crippen molar-refractivity contribution >= 4 is 5.91 Å². The summed E-state index contributed by atoms with van der Waals surface area (Å²) in [5.41, 5.74) is 6.73. The van der Waals surface area contributed by atoms with E-state index in [-0.39, 0.29) is 11.9 Å². The second-order valence-corrected chi connectivity index (χ2v) is 4.14. The maximum Gasteiger partial charge on any atom is 0.220 e. The highest BCUT2D eigenvalue weighted by Crippen LogP contribution is 2.02. The summed E-state index contributed by atoms with van der Waals surface area (Å²) in [6, 6.07) is 3.98. The van der Waals surface area contributed by atoms with Gasteiger partial charge >= 0.3 is 0 Å². The molecule has 0 spiro atoms. The summed E-state index contributed by atoms with van der Waals surface area (Å²) in [6.07, 6.45) is 6.71. The van der Waals surface area contributed by atoms with Crippen molar-refractivity contribution < 1.29 is 4.79 Å². The van der Waals surface area contributed by atoms with E-state index in [0.29, 0.717) is 13.0 Å². The van der Waals surface area contributed by atoms with Gasteiger partial charge in [-0.2, -0.15) is 0 Å². The van der Waals surface area contributed by atoms with Crippen LogP contribution in [0.2, 0.25) is 0 Å². The van der Waals surface area contributed by atoms with E-state index in [9.17, 15) is 4.79 Å². The monoisotopic (exact) mass is 235 g/mol. The maximum atomic E-state index is 11.7. The second kappa shape index (κ2) is 7.79. The number of carbonyl (C=O) groups is 1. The Kier molecular flexibility index (Phi) is 6.25. The first-order chi connectivity index (χ1) is 8.26. The molecule has 3 N–H and O–H groups in total. The number of amides is 1. The van der Waals surface area contributed by atoms with Crippen LogP contribution in [-0.2, 0) is 11.2 Å². The summed E-state index contributed by atoms with van der Waals surface area (Å²) in [5, 5.41) is 2.96. The third kappa shape index (κ3) is 5.45. The van der Waals surface area contributed by atoms with Crippen LogP contribution in [0.1, 0.15) is 31.7 Å². The molecule has 0 aliphatic rings. The van der Waals surface area contributed by atoms with Gasteiger partial charge in [-0.25, -0.2) is 0 Å². The Morgan fingerprint density at radius 2 is 2.18 bits per heavy atom. The smallest absolute Gasteiger partial charge is 0.220 e. The molecule has 0 saturated heterocycles. The molecule has 1 heterocycles. The summed E-state index contributed by atoms with van der Waals surface area (Å²) >= 11 is 0. The molecule has 1 aromatic heterocycles. The standard InChI is InChI=1S/C13H21N3O/c1-2-3-12(10-14)16-13(17)5-4-11-6-8-15-9-7-11/h6-9,12H,2-5,10,14H2,1H3,(H,16,17). The fourth-order valence-electron chi connectivity index (χ4n) is 1.70. The molecule has 1 unspecified atom stereocenters. The Hall–Kier alpha value is -1.42. The number of hydrogen-bond acceptors (Lipinski definition) is 3. The van der Waals surface area contributed by atoms with Crippen molar-refractivity contribution in [1.82, 2.24) is 10.3 Å². The van der Waals surface area contributed by atoms with Crippen molar-refractivity contribution in [2.45, 2.75) is 38.6 Å². The van der Waals surface area contributed by atoms with E-state index in [2.05, 4.69) is 17.2 Å². The minimum absolute atomic E-state index is 0.0747. The van der Waals surface area contributed by atoms with Crippen LogP contribution in [0, 0.1) is 0 Å². The van der Waals surface area contributed by atoms with Gasteiger partial charge in [0.1, 0.15) is 0 Å². The van der Waals surface area contributed by atoms with Crippen molar-refractivity contribution in [1.29, 1.82) is 0 Å². The summed E-state index contributed by atoms with van der Waals surface area (Å²) in [6.45, 7) is 2.60. The van der Waals surface area contributed by atoms with Crippen LogP contribution >= 0.6 is 0 Å². The van der Waals surface area contributed by atoms with Crippen LogP contribution < -0.4 is 11.1 Å². The van der Waals surface area contributed by atoms with Crippen LogP contribution in [0.25, 0.3) is 0 Å². The van der Waals surface area contributed by atoms with Crippen molar-refractivity contribution in [3.8, 4) is 0 Å². The van der Waals surface area contributed by atoms with Gasteiger partial charge in [-0.15, -0.1) is 0 Å². The molecule has 0 radical (unpaired) electrons. The third-order valence-electron chi connectivity index (χ3n) is 2.68. The average Bonchev–Trinajstić information content (AvgIpc) is 2.37. The van der Waals surface area contributed by atoms with Crippen LogP contribution in [-0.4, -0.2) is 23.5 Å². The number of nitrogens with zero attached hydrogens (tertiary/aromatic N) is 1. The van der Waals surface area contributed by atoms with Crippen molar-refractivity contribution in [3.63, 3.8) is 0 Å². The maximum absolute atomic E-state index is 11.7. The molecule has 1 aromatic rings. The molecule has 1 amide bonds. The van der Waals surface area contributed by atoms with Crippen LogP contribution in [0.4, 0.5) is 0 Å². The third-order valence-corrected chi connectivity index (χ3v) is 2.68. The number of aromatic nitrogens is 1. The Bertz CT molecular complexity index is 327. The van der Waals surface area contributed by atoms with Gasteiger partial charge in [-0.05, 0) is 30.5 Å². The molecule has 0 bridgehead atoms. The Morgan fingerprint density at radius 3 is 2.76 bits per heavy atom. The highest BCUT2D eigenvalue weighted by molar-refractivity contribution is 5.76. The van der Waals surface area contributed by atoms with Crippen LogP contribution in [0.15, 0.2) is 24.5 Å². The number of nitrogens with one attached hydrogen (secondary N) is 1. The molecule has 0 aliphatic carbocycles. The van der Waals surface area contributed by atoms with Gasteiger partial charge in [0.25, 0.3) is 0 Å². The number of aryl methyl sites for hydroxylation is 1. The van der Waals surface area contributed by atoms with Crippen molar-refractivity contribution in [3.05, 3.63) is 30.1 Å². The lowest BCUT2D eigenvalue weighted by Gasteiger charge is -2.15. The van der Waals surface area contributed by atoms with E-state index in [1.165, 1.54) is 0 Å². The van der Waals surface area contributed by atoms with Gasteiger partial charge in [0.2, 0.25) is 5.91 Å². The molecule has 94 valence electrons. The van der Waals surface area contributed by atoms with E-state index in [1.807, 2.05) is 12.1 Å². The first-order valence-corrected chi connectivity index (χ1v) is 6.14. The molecular weight excluding hydrogens is 214 g/mol. The molecule has 0 aromatic carbocycles. The van der Waals surface area contributed by atoms with Crippen LogP contribution in [0.5, 0.6) is 0 Å². The highest BCUT2D eigenvalue weighted by Gasteiger charge is 2.09. The summed E-state index contributed by atoms with van der Waals surface area (Å²) in [5.74, 6) is 0.0747. The van der Waals surface area contributed by atoms with Gasteiger partial charge in [-0.1, -0.05) is 13.3 Å². The number of nitrogens with two attached hydrogens (primary N) is 1. The number of hydrogen-bond donors (Lipinski definition) is 2. The lowest BCUT2D eigenvalue weighted by molar-refractivity contribution is -0.121. The van der Waals surface area contributed by atoms with E-state index < -0.39 is 0 Å². The zero-order chi connectivity index (χ0) is 12.5. The van der Waals surface area contributed by atoms with Crippen molar-refractivity contribution in [2.75, 3.05) is 6.54 Å². The average molecular weight is 235 g/mol. The van der Waals surface area contributed by atoms with E-state index in [4.69, 9.17) is 5.73 Å². The number of rotatable bonds is 7. The lowest BCUT2D eigenvalue weighted by atomic mass is 10.1. The van der Waals surface area contributed by atoms with E-state index in [0.717, 1.165) is 24.8 Å². The number of pyridine rings is 1. The first-order valence-electron chi connectivity index (χ1n) is 6.14. The molecule has 4 nitrogen and oxygen atoms in total. The predicted octanol–water partition coefficient (Wildman–Crippen LogP) is 1.26. The first kappa shape index (κ1) is 13.6. The fourth-order valence-corrected chi connectivity index (χ4v) is 1.70. The Labute approximate surface area is 103 Å². The molecule has 1 atom stereocenters. The molecule has 17 heavy (non-hydrogen) atoms. The molecule has 0 fully saturated rings. The van der Waals surface area contributed by atoms with Gasteiger partial charge in [-0.3, -0.25) is 9.78 Å². The predicted molar refractivity (Wildman–Crippen MR) is 68.5 cm³/mol. The van der Waals surface area contributed by atoms with Gasteiger partial charge in [0, 0.05) is 31.4 Å². The molecule has 0 aliphatic heterocycles. The van der Waals surface area contributed by atoms with E-state index in [1.54, 1.807) is 12.4 Å². The fraction of sp³-hybridized carbons (Fsp3) is 0.538. The SMILES string of the molecule is CCCC(CN)NC(=O)CCc1ccncc1. The summed E-state index contributed by atoms with van der Waals surface area (Å²) in [4.78, 5) is 15.6. The summed E-state index contributed by atoms with van der Waals surface area (Å²) < 4.78 is 0. The minimum Gasteiger partial charge on any atom is -0.352 e. The largest absolute Gasteiger partial charge is 0.352 e. The van der Waals surface area contributed by atoms with Gasteiger partial charge < -0.3 is 11.1 Å². The second-order valence-electron chi connectivity index (χ2n) is 4.14. The lowest BCUT2D eigenvalue weighted by Crippen LogP contribution is -2.40. The quantitative estimate of drug-likeness (QED) is 0.747. The normalized spacial score (nSPS) is 12.1.